The molecule has 1 aliphatic heterocycles. The van der Waals surface area contributed by atoms with E-state index in [1.54, 1.807) is 12.1 Å². The molecular weight excluding hydrogens is 272 g/mol. The minimum absolute atomic E-state index is 0.0942. The van der Waals surface area contributed by atoms with Crippen LogP contribution in [-0.4, -0.2) is 38.2 Å². The molecule has 8 nitrogen and oxygen atoms in total. The first kappa shape index (κ1) is 13.6. The van der Waals surface area contributed by atoms with Crippen molar-refractivity contribution in [3.63, 3.8) is 0 Å². The van der Waals surface area contributed by atoms with Crippen LogP contribution in [-0.2, 0) is 6.42 Å². The van der Waals surface area contributed by atoms with Gasteiger partial charge in [0, 0.05) is 18.6 Å². The zero-order chi connectivity index (χ0) is 14.7. The number of nitro benzene ring substituents is 1. The van der Waals surface area contributed by atoms with Crippen molar-refractivity contribution in [2.75, 3.05) is 13.1 Å². The Balaban J connectivity index is 1.75. The fourth-order valence-electron chi connectivity index (χ4n) is 2.58. The van der Waals surface area contributed by atoms with E-state index in [0.29, 0.717) is 12.5 Å². The maximum atomic E-state index is 10.7. The molecular formula is C13H16N6O2. The average molecular weight is 288 g/mol. The van der Waals surface area contributed by atoms with Crippen LogP contribution in [0.3, 0.4) is 0 Å². The summed E-state index contributed by atoms with van der Waals surface area (Å²) >= 11 is 0. The molecule has 2 aromatic rings. The lowest BCUT2D eigenvalue weighted by Crippen LogP contribution is -2.30. The van der Waals surface area contributed by atoms with Gasteiger partial charge in [-0.2, -0.15) is 0 Å². The Morgan fingerprint density at radius 3 is 2.67 bits per heavy atom. The van der Waals surface area contributed by atoms with Crippen LogP contribution in [0.5, 0.6) is 0 Å². The molecule has 1 aliphatic rings. The van der Waals surface area contributed by atoms with E-state index >= 15 is 0 Å². The highest BCUT2D eigenvalue weighted by Gasteiger charge is 2.19. The summed E-state index contributed by atoms with van der Waals surface area (Å²) in [5, 5.41) is 25.9. The maximum Gasteiger partial charge on any atom is 0.269 e. The Labute approximate surface area is 121 Å². The number of piperidine rings is 1. The SMILES string of the molecule is O=[N+]([O-])c1ccc(Cc2nnnn2C2CCNCC2)cc1. The van der Waals surface area contributed by atoms with Gasteiger partial charge in [-0.1, -0.05) is 12.1 Å². The Kier molecular flexibility index (Phi) is 3.87. The van der Waals surface area contributed by atoms with Gasteiger partial charge in [-0.3, -0.25) is 10.1 Å². The first-order valence-corrected chi connectivity index (χ1v) is 6.95. The standard InChI is InChI=1S/C13H16N6O2/c20-19(21)12-3-1-10(2-4-12)9-13-15-16-17-18(13)11-5-7-14-8-6-11/h1-4,11,14H,5-9H2. The number of non-ortho nitro benzene ring substituents is 1. The molecule has 1 N–H and O–H groups in total. The van der Waals surface area contributed by atoms with E-state index in [0.717, 1.165) is 37.3 Å². The van der Waals surface area contributed by atoms with Crippen molar-refractivity contribution in [2.45, 2.75) is 25.3 Å². The van der Waals surface area contributed by atoms with Crippen molar-refractivity contribution in [3.8, 4) is 0 Å². The first-order chi connectivity index (χ1) is 10.2. The molecule has 1 fully saturated rings. The average Bonchev–Trinajstić information content (AvgIpc) is 2.97. The minimum atomic E-state index is -0.400. The highest BCUT2D eigenvalue weighted by Crippen LogP contribution is 2.20. The minimum Gasteiger partial charge on any atom is -0.317 e. The fraction of sp³-hybridized carbons (Fsp3) is 0.462. The number of hydrogen-bond donors (Lipinski definition) is 1. The topological polar surface area (TPSA) is 98.8 Å². The normalized spacial score (nSPS) is 16.0. The number of rotatable bonds is 4. The van der Waals surface area contributed by atoms with Crippen LogP contribution in [0, 0.1) is 10.1 Å². The predicted octanol–water partition coefficient (Wildman–Crippen LogP) is 1.10. The summed E-state index contributed by atoms with van der Waals surface area (Å²) in [6.45, 7) is 1.95. The number of nitro groups is 1. The van der Waals surface area contributed by atoms with E-state index in [1.165, 1.54) is 12.1 Å². The van der Waals surface area contributed by atoms with Gasteiger partial charge in [-0.05, 0) is 41.9 Å². The van der Waals surface area contributed by atoms with Crippen LogP contribution in [0.2, 0.25) is 0 Å². The summed E-state index contributed by atoms with van der Waals surface area (Å²) in [6.07, 6.45) is 2.60. The molecule has 1 aromatic heterocycles. The molecule has 110 valence electrons. The van der Waals surface area contributed by atoms with Crippen LogP contribution in [0.25, 0.3) is 0 Å². The van der Waals surface area contributed by atoms with Gasteiger partial charge in [0.1, 0.15) is 0 Å². The maximum absolute atomic E-state index is 10.7. The predicted molar refractivity (Wildman–Crippen MR) is 74.9 cm³/mol. The van der Waals surface area contributed by atoms with E-state index in [2.05, 4.69) is 20.8 Å². The number of aromatic nitrogens is 4. The molecule has 0 aliphatic carbocycles. The zero-order valence-electron chi connectivity index (χ0n) is 11.5. The number of benzene rings is 1. The highest BCUT2D eigenvalue weighted by atomic mass is 16.6. The molecule has 0 amide bonds. The van der Waals surface area contributed by atoms with Crippen molar-refractivity contribution in [3.05, 3.63) is 45.8 Å². The summed E-state index contributed by atoms with van der Waals surface area (Å²) in [6, 6.07) is 6.84. The third-order valence-corrected chi connectivity index (χ3v) is 3.72. The van der Waals surface area contributed by atoms with Gasteiger partial charge in [-0.15, -0.1) is 5.10 Å². The van der Waals surface area contributed by atoms with E-state index < -0.39 is 4.92 Å². The summed E-state index contributed by atoms with van der Waals surface area (Å²) in [7, 11) is 0. The summed E-state index contributed by atoms with van der Waals surface area (Å²) in [5.41, 5.74) is 1.06. The van der Waals surface area contributed by atoms with Crippen molar-refractivity contribution in [2.24, 2.45) is 0 Å². The number of tetrazole rings is 1. The van der Waals surface area contributed by atoms with Gasteiger partial charge in [0.05, 0.1) is 11.0 Å². The molecule has 8 heteroatoms. The Bertz CT molecular complexity index is 618. The van der Waals surface area contributed by atoms with Crippen LogP contribution in [0.1, 0.15) is 30.3 Å². The van der Waals surface area contributed by atoms with E-state index in [9.17, 15) is 10.1 Å². The first-order valence-electron chi connectivity index (χ1n) is 6.95. The monoisotopic (exact) mass is 288 g/mol. The molecule has 0 bridgehead atoms. The molecule has 1 aromatic carbocycles. The van der Waals surface area contributed by atoms with Gasteiger partial charge < -0.3 is 5.32 Å². The Hall–Kier alpha value is -2.35. The second-order valence-electron chi connectivity index (χ2n) is 5.12. The van der Waals surface area contributed by atoms with Gasteiger partial charge in [0.25, 0.3) is 5.69 Å². The highest BCUT2D eigenvalue weighted by molar-refractivity contribution is 5.33. The molecule has 0 unspecified atom stereocenters. The number of hydrogen-bond acceptors (Lipinski definition) is 6. The quantitative estimate of drug-likeness (QED) is 0.668. The third-order valence-electron chi connectivity index (χ3n) is 3.72. The van der Waals surface area contributed by atoms with Gasteiger partial charge in [0.2, 0.25) is 0 Å². The van der Waals surface area contributed by atoms with Crippen molar-refractivity contribution >= 4 is 5.69 Å². The molecule has 21 heavy (non-hydrogen) atoms. The summed E-state index contributed by atoms with van der Waals surface area (Å²) in [5.74, 6) is 0.802. The van der Waals surface area contributed by atoms with Crippen molar-refractivity contribution in [1.29, 1.82) is 0 Å². The van der Waals surface area contributed by atoms with Crippen LogP contribution >= 0.6 is 0 Å². The summed E-state index contributed by atoms with van der Waals surface area (Å²) in [4.78, 5) is 10.3. The second kappa shape index (κ2) is 5.96. The molecule has 0 radical (unpaired) electrons. The molecule has 0 saturated carbocycles. The molecule has 1 saturated heterocycles. The lowest BCUT2D eigenvalue weighted by molar-refractivity contribution is -0.384. The van der Waals surface area contributed by atoms with Crippen molar-refractivity contribution < 1.29 is 4.92 Å². The third kappa shape index (κ3) is 3.05. The van der Waals surface area contributed by atoms with Gasteiger partial charge in [0.15, 0.2) is 5.82 Å². The largest absolute Gasteiger partial charge is 0.317 e. The number of nitrogens with zero attached hydrogens (tertiary/aromatic N) is 5. The van der Waals surface area contributed by atoms with Gasteiger partial charge in [-0.25, -0.2) is 4.68 Å². The van der Waals surface area contributed by atoms with E-state index in [4.69, 9.17) is 0 Å². The zero-order valence-corrected chi connectivity index (χ0v) is 11.5. The fourth-order valence-corrected chi connectivity index (χ4v) is 2.58. The molecule has 3 rings (SSSR count). The Morgan fingerprint density at radius 2 is 2.00 bits per heavy atom. The lowest BCUT2D eigenvalue weighted by Gasteiger charge is -2.23. The van der Waals surface area contributed by atoms with Crippen LogP contribution < -0.4 is 5.32 Å². The molecule has 0 spiro atoms. The van der Waals surface area contributed by atoms with Crippen LogP contribution in [0.4, 0.5) is 5.69 Å². The lowest BCUT2D eigenvalue weighted by atomic mass is 10.1. The van der Waals surface area contributed by atoms with Crippen molar-refractivity contribution in [1.82, 2.24) is 25.5 Å². The Morgan fingerprint density at radius 1 is 1.29 bits per heavy atom. The second-order valence-corrected chi connectivity index (χ2v) is 5.12. The molecule has 2 heterocycles. The smallest absolute Gasteiger partial charge is 0.269 e. The summed E-state index contributed by atoms with van der Waals surface area (Å²) < 4.78 is 1.89. The number of nitrogens with one attached hydrogen (secondary N) is 1. The molecule has 0 atom stereocenters. The van der Waals surface area contributed by atoms with Gasteiger partial charge >= 0.3 is 0 Å². The van der Waals surface area contributed by atoms with E-state index in [-0.39, 0.29) is 5.69 Å². The van der Waals surface area contributed by atoms with Crippen LogP contribution in [0.15, 0.2) is 24.3 Å². The van der Waals surface area contributed by atoms with E-state index in [1.807, 2.05) is 4.68 Å².